The number of fused-ring (bicyclic) bond motifs is 3. The van der Waals surface area contributed by atoms with Crippen LogP contribution in [-0.4, -0.2) is 92.4 Å². The average molecular weight is 935 g/mol. The maximum Gasteiger partial charge on any atom is 0.260 e. The second-order valence-electron chi connectivity index (χ2n) is 17.5. The number of benzene rings is 5. The van der Waals surface area contributed by atoms with Crippen molar-refractivity contribution >= 4 is 34.5 Å². The van der Waals surface area contributed by atoms with Crippen LogP contribution in [0.3, 0.4) is 0 Å². The van der Waals surface area contributed by atoms with Gasteiger partial charge in [-0.15, -0.1) is 0 Å². The van der Waals surface area contributed by atoms with Gasteiger partial charge >= 0.3 is 0 Å². The molecule has 10 rings (SSSR count). The summed E-state index contributed by atoms with van der Waals surface area (Å²) in [4.78, 5) is 49.9. The molecule has 1 saturated heterocycles. The van der Waals surface area contributed by atoms with Crippen molar-refractivity contribution in [3.05, 3.63) is 166 Å². The van der Waals surface area contributed by atoms with Gasteiger partial charge in [0.25, 0.3) is 17.7 Å². The van der Waals surface area contributed by atoms with Gasteiger partial charge in [0.05, 0.1) is 36.8 Å². The molecule has 0 aliphatic carbocycles. The molecular formula is C53H52N5O9S-. The summed E-state index contributed by atoms with van der Waals surface area (Å²) in [6.07, 6.45) is 3.15. The lowest BCUT2D eigenvalue weighted by molar-refractivity contribution is 0.0193. The Morgan fingerprint density at radius 2 is 1.54 bits per heavy atom. The molecule has 1 unspecified atom stereocenters. The third-order valence-electron chi connectivity index (χ3n) is 13.2. The summed E-state index contributed by atoms with van der Waals surface area (Å²) in [6, 6.07) is 37.9. The molecule has 14 nitrogen and oxygen atoms in total. The van der Waals surface area contributed by atoms with Crippen molar-refractivity contribution in [3.63, 3.8) is 0 Å². The first kappa shape index (κ1) is 45.0. The fraction of sp³-hybridized carbons (Fsp3) is 0.302. The molecule has 4 aliphatic rings. The van der Waals surface area contributed by atoms with Crippen LogP contribution >= 0.6 is 0 Å². The molecule has 4 aliphatic heterocycles. The Morgan fingerprint density at radius 1 is 0.794 bits per heavy atom. The van der Waals surface area contributed by atoms with Crippen LogP contribution < -0.4 is 24.4 Å². The molecular weight excluding hydrogens is 883 g/mol. The third kappa shape index (κ3) is 9.79. The van der Waals surface area contributed by atoms with Crippen molar-refractivity contribution in [2.75, 3.05) is 50.4 Å². The first-order chi connectivity index (χ1) is 33.3. The standard InChI is InChI=1S/C53H53N5O9S/c59-51(54-34-68(62)63)39-14-8-11-37(25-39)30-57(41-16-18-43(19-17-41)65-33-36-9-2-1-3-10-36)53(61)46-27-48(56-20-7-6-15-47(46)56)44-28-49-50(67-35-66-49)29-45(44)52(60)58-31-40-13-5-4-12-38(40)26-42(58)32-55-21-23-64-24-22-55/h1-5,8-14,16-19,25,27-29,42H,6-7,15,20-24,26,30-35H2,(H,54,59)(H,62,63)/p-1/t42-/m0/s1. The molecule has 1 N–H and O–H groups in total. The molecule has 0 saturated carbocycles. The van der Waals surface area contributed by atoms with Crippen LogP contribution in [0, 0.1) is 0 Å². The molecule has 0 spiro atoms. The van der Waals surface area contributed by atoms with Crippen LogP contribution in [0.25, 0.3) is 11.3 Å². The van der Waals surface area contributed by atoms with Crippen LogP contribution in [0.4, 0.5) is 5.69 Å². The molecule has 68 heavy (non-hydrogen) atoms. The molecule has 6 aromatic rings. The summed E-state index contributed by atoms with van der Waals surface area (Å²) < 4.78 is 48.3. The minimum Gasteiger partial charge on any atom is -0.771 e. The zero-order valence-electron chi connectivity index (χ0n) is 37.6. The molecule has 350 valence electrons. The van der Waals surface area contributed by atoms with Gasteiger partial charge in [0.2, 0.25) is 6.79 Å². The minimum atomic E-state index is -2.46. The number of carbonyl (C=O) groups is 3. The largest absolute Gasteiger partial charge is 0.771 e. The molecule has 0 bridgehead atoms. The Kier molecular flexibility index (Phi) is 13.4. The lowest BCUT2D eigenvalue weighted by Gasteiger charge is -2.40. The van der Waals surface area contributed by atoms with E-state index in [2.05, 4.69) is 33.0 Å². The maximum absolute atomic E-state index is 15.5. The van der Waals surface area contributed by atoms with E-state index in [0.717, 1.165) is 54.9 Å². The van der Waals surface area contributed by atoms with E-state index in [9.17, 15) is 13.6 Å². The van der Waals surface area contributed by atoms with Gasteiger partial charge in [0.15, 0.2) is 11.5 Å². The zero-order chi connectivity index (χ0) is 46.6. The van der Waals surface area contributed by atoms with Gasteiger partial charge in [-0.25, -0.2) is 0 Å². The summed E-state index contributed by atoms with van der Waals surface area (Å²) in [5.74, 6) is 0.219. The first-order valence-electron chi connectivity index (χ1n) is 23.1. The Hall–Kier alpha value is -6.78. The van der Waals surface area contributed by atoms with E-state index < -0.39 is 22.9 Å². The SMILES string of the molecule is O=C(NCS(=O)[O-])c1cccc(CN(C(=O)c2cc(-c3cc4c(cc3C(=O)N3Cc5ccccc5C[C@H]3CN3CCOCC3)OCO4)n3c2CCCC3)c2ccc(OCc3ccccc3)cc2)c1. The van der Waals surface area contributed by atoms with E-state index >= 15 is 9.59 Å². The Bertz CT molecular complexity index is 2850. The van der Waals surface area contributed by atoms with E-state index in [4.69, 9.17) is 18.9 Å². The van der Waals surface area contributed by atoms with Gasteiger partial charge in [-0.1, -0.05) is 66.7 Å². The van der Waals surface area contributed by atoms with E-state index in [1.54, 1.807) is 23.1 Å². The number of hydrogen-bond acceptors (Lipinski definition) is 10. The topological polar surface area (TPSA) is 155 Å². The predicted molar refractivity (Wildman–Crippen MR) is 255 cm³/mol. The Morgan fingerprint density at radius 3 is 2.34 bits per heavy atom. The van der Waals surface area contributed by atoms with Gasteiger partial charge in [-0.2, -0.15) is 0 Å². The molecule has 5 aromatic carbocycles. The van der Waals surface area contributed by atoms with Gasteiger partial charge in [0.1, 0.15) is 12.4 Å². The van der Waals surface area contributed by atoms with Gasteiger partial charge in [-0.05, 0) is 114 Å². The van der Waals surface area contributed by atoms with Crippen LogP contribution in [0.5, 0.6) is 17.2 Å². The number of anilines is 1. The summed E-state index contributed by atoms with van der Waals surface area (Å²) in [5.41, 5.74) is 8.17. The van der Waals surface area contributed by atoms with Gasteiger partial charge in [0, 0.05) is 67.0 Å². The smallest absolute Gasteiger partial charge is 0.260 e. The highest BCUT2D eigenvalue weighted by Crippen LogP contribution is 2.43. The molecule has 15 heteroatoms. The molecule has 3 amide bonds. The van der Waals surface area contributed by atoms with Crippen LogP contribution in [0.1, 0.15) is 71.9 Å². The second kappa shape index (κ2) is 20.2. The molecule has 0 radical (unpaired) electrons. The number of rotatable bonds is 14. The van der Waals surface area contributed by atoms with Gasteiger partial charge < -0.3 is 43.2 Å². The number of morpholine rings is 1. The normalized spacial score (nSPS) is 16.9. The molecule has 2 atom stereocenters. The van der Waals surface area contributed by atoms with Crippen molar-refractivity contribution in [3.8, 4) is 28.5 Å². The summed E-state index contributed by atoms with van der Waals surface area (Å²) >= 11 is -2.46. The number of carbonyl (C=O) groups excluding carboxylic acids is 3. The highest BCUT2D eigenvalue weighted by atomic mass is 32.2. The van der Waals surface area contributed by atoms with Crippen molar-refractivity contribution < 1.29 is 42.1 Å². The number of ether oxygens (including phenoxy) is 4. The molecule has 5 heterocycles. The molecule has 1 fully saturated rings. The highest BCUT2D eigenvalue weighted by Gasteiger charge is 2.36. The van der Waals surface area contributed by atoms with Crippen molar-refractivity contribution in [2.24, 2.45) is 0 Å². The van der Waals surface area contributed by atoms with E-state index in [-0.39, 0.29) is 36.8 Å². The maximum atomic E-state index is 15.5. The summed E-state index contributed by atoms with van der Waals surface area (Å²) in [7, 11) is 0. The first-order valence-corrected chi connectivity index (χ1v) is 24.4. The molecule has 1 aromatic heterocycles. The number of nitrogens with zero attached hydrogens (tertiary/aromatic N) is 4. The third-order valence-corrected chi connectivity index (χ3v) is 13.6. The Balaban J connectivity index is 1.02. The summed E-state index contributed by atoms with van der Waals surface area (Å²) in [5, 5.41) is 2.42. The monoisotopic (exact) mass is 934 g/mol. The average Bonchev–Trinajstić information content (AvgIpc) is 4.01. The summed E-state index contributed by atoms with van der Waals surface area (Å²) in [6.45, 7) is 5.25. The van der Waals surface area contributed by atoms with E-state index in [1.165, 1.54) is 5.56 Å². The van der Waals surface area contributed by atoms with Gasteiger partial charge in [-0.3, -0.25) is 23.5 Å². The van der Waals surface area contributed by atoms with Crippen molar-refractivity contribution in [1.29, 1.82) is 0 Å². The van der Waals surface area contributed by atoms with Crippen molar-refractivity contribution in [2.45, 2.75) is 58.0 Å². The Labute approximate surface area is 397 Å². The predicted octanol–water partition coefficient (Wildman–Crippen LogP) is 7.11. The van der Waals surface area contributed by atoms with Crippen LogP contribution in [-0.2, 0) is 54.9 Å². The number of aromatic nitrogens is 1. The van der Waals surface area contributed by atoms with Crippen LogP contribution in [0.15, 0.2) is 121 Å². The lowest BCUT2D eigenvalue weighted by atomic mass is 9.92. The second-order valence-corrected chi connectivity index (χ2v) is 18.4. The van der Waals surface area contributed by atoms with E-state index in [1.807, 2.05) is 89.8 Å². The quantitative estimate of drug-likeness (QED) is 0.112. The highest BCUT2D eigenvalue weighted by molar-refractivity contribution is 7.79. The lowest BCUT2D eigenvalue weighted by Crippen LogP contribution is -2.52. The number of hydrogen-bond donors (Lipinski definition) is 1. The van der Waals surface area contributed by atoms with E-state index in [0.29, 0.717) is 91.1 Å². The van der Waals surface area contributed by atoms with Crippen LogP contribution in [0.2, 0.25) is 0 Å². The fourth-order valence-electron chi connectivity index (χ4n) is 9.75. The number of nitrogens with one attached hydrogen (secondary N) is 1. The van der Waals surface area contributed by atoms with Crippen molar-refractivity contribution in [1.82, 2.24) is 19.7 Å². The number of amides is 3. The zero-order valence-corrected chi connectivity index (χ0v) is 38.4. The minimum absolute atomic E-state index is 0.0330. The fourth-order valence-corrected chi connectivity index (χ4v) is 10.00.